The van der Waals surface area contributed by atoms with Crippen LogP contribution >= 0.6 is 0 Å². The maximum atomic E-state index is 13.1. The fourth-order valence-corrected chi connectivity index (χ4v) is 3.12. The van der Waals surface area contributed by atoms with E-state index in [-0.39, 0.29) is 11.9 Å². The molecule has 0 fully saturated rings. The van der Waals surface area contributed by atoms with Crippen LogP contribution in [0.15, 0.2) is 66.9 Å². The topological polar surface area (TPSA) is 42.4 Å². The van der Waals surface area contributed by atoms with Crippen molar-refractivity contribution < 1.29 is 9.53 Å². The number of carbonyl (C=O) groups excluding carboxylic acids is 1. The predicted octanol–water partition coefficient (Wildman–Crippen LogP) is 5.29. The van der Waals surface area contributed by atoms with Gasteiger partial charge in [-0.05, 0) is 68.3 Å². The molecule has 0 aliphatic heterocycles. The summed E-state index contributed by atoms with van der Waals surface area (Å²) in [4.78, 5) is 19.2. The van der Waals surface area contributed by atoms with Gasteiger partial charge in [0.25, 0.3) is 5.91 Å². The summed E-state index contributed by atoms with van der Waals surface area (Å²) in [6.07, 6.45) is 1.79. The van der Waals surface area contributed by atoms with E-state index in [2.05, 4.69) is 4.98 Å². The average molecular weight is 374 g/mol. The van der Waals surface area contributed by atoms with Crippen LogP contribution in [0.1, 0.15) is 41.4 Å². The number of hydrogen-bond donors (Lipinski definition) is 0. The molecule has 0 bridgehead atoms. The van der Waals surface area contributed by atoms with Crippen LogP contribution in [-0.2, 0) is 0 Å². The van der Waals surface area contributed by atoms with Gasteiger partial charge in [-0.2, -0.15) is 0 Å². The van der Waals surface area contributed by atoms with Crippen LogP contribution in [0.3, 0.4) is 0 Å². The predicted molar refractivity (Wildman–Crippen MR) is 113 cm³/mol. The third-order valence-electron chi connectivity index (χ3n) is 4.90. The third-order valence-corrected chi connectivity index (χ3v) is 4.90. The van der Waals surface area contributed by atoms with Crippen molar-refractivity contribution in [2.24, 2.45) is 0 Å². The summed E-state index contributed by atoms with van der Waals surface area (Å²) in [6.45, 7) is 6.66. The number of aromatic nitrogens is 1. The molecule has 0 saturated carbocycles. The second-order valence-electron chi connectivity index (χ2n) is 6.89. The Morgan fingerprint density at radius 2 is 1.86 bits per heavy atom. The molecule has 0 unspecified atom stereocenters. The molecule has 28 heavy (non-hydrogen) atoms. The van der Waals surface area contributed by atoms with Crippen LogP contribution in [-0.4, -0.2) is 29.4 Å². The molecule has 0 aliphatic rings. The number of carbonyl (C=O) groups is 1. The Labute approximate surface area is 166 Å². The molecule has 0 spiro atoms. The minimum atomic E-state index is -0.0519. The standard InChI is InChI=1S/C24H26N2O2/c1-5-28-22-11-9-19(10-12-22)18(3)26(4)24(27)21-8-6-7-20(16-21)23-15-17(2)13-14-25-23/h6-16,18H,5H2,1-4H3/t18-/m1/s1. The molecule has 1 amide bonds. The first kappa shape index (κ1) is 19.6. The van der Waals surface area contributed by atoms with E-state index >= 15 is 0 Å². The largest absolute Gasteiger partial charge is 0.494 e. The van der Waals surface area contributed by atoms with Gasteiger partial charge in [-0.3, -0.25) is 9.78 Å². The first-order chi connectivity index (χ1) is 13.5. The minimum absolute atomic E-state index is 0.0177. The molecule has 3 aromatic rings. The summed E-state index contributed by atoms with van der Waals surface area (Å²) in [6, 6.07) is 19.5. The lowest BCUT2D eigenvalue weighted by Crippen LogP contribution is -2.29. The zero-order valence-corrected chi connectivity index (χ0v) is 16.8. The van der Waals surface area contributed by atoms with E-state index in [1.165, 1.54) is 0 Å². The van der Waals surface area contributed by atoms with E-state index in [0.29, 0.717) is 12.2 Å². The minimum Gasteiger partial charge on any atom is -0.494 e. The molecule has 4 nitrogen and oxygen atoms in total. The quantitative estimate of drug-likeness (QED) is 0.589. The van der Waals surface area contributed by atoms with Crippen LogP contribution in [0, 0.1) is 6.92 Å². The van der Waals surface area contributed by atoms with E-state index in [0.717, 1.165) is 28.1 Å². The summed E-state index contributed by atoms with van der Waals surface area (Å²) in [7, 11) is 1.83. The highest BCUT2D eigenvalue weighted by Gasteiger charge is 2.19. The monoisotopic (exact) mass is 374 g/mol. The van der Waals surface area contributed by atoms with Gasteiger partial charge in [0.2, 0.25) is 0 Å². The highest BCUT2D eigenvalue weighted by Crippen LogP contribution is 2.25. The smallest absolute Gasteiger partial charge is 0.254 e. The van der Waals surface area contributed by atoms with Crippen LogP contribution < -0.4 is 4.74 Å². The first-order valence-electron chi connectivity index (χ1n) is 9.52. The zero-order valence-electron chi connectivity index (χ0n) is 16.8. The molecule has 1 aromatic heterocycles. The average Bonchev–Trinajstić information content (AvgIpc) is 2.73. The number of ether oxygens (including phenoxy) is 1. The third kappa shape index (κ3) is 4.39. The van der Waals surface area contributed by atoms with Crippen LogP contribution in [0.25, 0.3) is 11.3 Å². The highest BCUT2D eigenvalue weighted by atomic mass is 16.5. The molecule has 1 atom stereocenters. The molecule has 144 valence electrons. The molecule has 2 aromatic carbocycles. The number of nitrogens with zero attached hydrogens (tertiary/aromatic N) is 2. The van der Waals surface area contributed by atoms with Crippen molar-refractivity contribution in [1.82, 2.24) is 9.88 Å². The van der Waals surface area contributed by atoms with Gasteiger partial charge in [-0.25, -0.2) is 0 Å². The van der Waals surface area contributed by atoms with E-state index in [1.54, 1.807) is 11.1 Å². The Hall–Kier alpha value is -3.14. The van der Waals surface area contributed by atoms with Crippen LogP contribution in [0.5, 0.6) is 5.75 Å². The molecule has 0 aliphatic carbocycles. The van der Waals surface area contributed by atoms with Gasteiger partial charge in [0.15, 0.2) is 0 Å². The molecule has 4 heteroatoms. The molecular weight excluding hydrogens is 348 g/mol. The van der Waals surface area contributed by atoms with Gasteiger partial charge >= 0.3 is 0 Å². The fraction of sp³-hybridized carbons (Fsp3) is 0.250. The number of rotatable bonds is 6. The first-order valence-corrected chi connectivity index (χ1v) is 9.52. The highest BCUT2D eigenvalue weighted by molar-refractivity contribution is 5.95. The van der Waals surface area contributed by atoms with E-state index in [1.807, 2.05) is 88.5 Å². The van der Waals surface area contributed by atoms with Crippen molar-refractivity contribution in [2.45, 2.75) is 26.8 Å². The van der Waals surface area contributed by atoms with Gasteiger partial charge in [0.1, 0.15) is 5.75 Å². The Bertz CT molecular complexity index is 951. The molecular formula is C24H26N2O2. The maximum absolute atomic E-state index is 13.1. The molecule has 3 rings (SSSR count). The van der Waals surface area contributed by atoms with Gasteiger partial charge in [0, 0.05) is 24.4 Å². The van der Waals surface area contributed by atoms with Crippen molar-refractivity contribution in [3.05, 3.63) is 83.6 Å². The molecule has 0 radical (unpaired) electrons. The van der Waals surface area contributed by atoms with Crippen molar-refractivity contribution in [3.8, 4) is 17.0 Å². The number of hydrogen-bond acceptors (Lipinski definition) is 3. The van der Waals surface area contributed by atoms with Gasteiger partial charge in [-0.1, -0.05) is 24.3 Å². The number of pyridine rings is 1. The molecule has 0 saturated heterocycles. The lowest BCUT2D eigenvalue weighted by molar-refractivity contribution is 0.0742. The second-order valence-corrected chi connectivity index (χ2v) is 6.89. The fourth-order valence-electron chi connectivity index (χ4n) is 3.12. The van der Waals surface area contributed by atoms with Gasteiger partial charge in [-0.15, -0.1) is 0 Å². The SMILES string of the molecule is CCOc1ccc([C@@H](C)N(C)C(=O)c2cccc(-c3cc(C)ccn3)c2)cc1. The summed E-state index contributed by atoms with van der Waals surface area (Å²) < 4.78 is 5.49. The van der Waals surface area contributed by atoms with Crippen molar-refractivity contribution >= 4 is 5.91 Å². The van der Waals surface area contributed by atoms with Gasteiger partial charge < -0.3 is 9.64 Å². The molecule has 0 N–H and O–H groups in total. The number of amides is 1. The summed E-state index contributed by atoms with van der Waals surface area (Å²) in [5.74, 6) is 0.821. The molecule has 1 heterocycles. The Morgan fingerprint density at radius 1 is 1.11 bits per heavy atom. The van der Waals surface area contributed by atoms with E-state index in [4.69, 9.17) is 4.74 Å². The zero-order chi connectivity index (χ0) is 20.1. The lowest BCUT2D eigenvalue weighted by atomic mass is 10.0. The Kier molecular flexibility index (Phi) is 6.09. The Balaban J connectivity index is 1.80. The van der Waals surface area contributed by atoms with Crippen LogP contribution in [0.4, 0.5) is 0 Å². The van der Waals surface area contributed by atoms with E-state index < -0.39 is 0 Å². The summed E-state index contributed by atoms with van der Waals surface area (Å²) in [5.41, 5.74) is 4.67. The number of aryl methyl sites for hydroxylation is 1. The maximum Gasteiger partial charge on any atom is 0.254 e. The van der Waals surface area contributed by atoms with Crippen LogP contribution in [0.2, 0.25) is 0 Å². The van der Waals surface area contributed by atoms with Crippen molar-refractivity contribution in [2.75, 3.05) is 13.7 Å². The summed E-state index contributed by atoms with van der Waals surface area (Å²) in [5, 5.41) is 0. The number of benzene rings is 2. The van der Waals surface area contributed by atoms with Crippen molar-refractivity contribution in [1.29, 1.82) is 0 Å². The summed E-state index contributed by atoms with van der Waals surface area (Å²) >= 11 is 0. The Morgan fingerprint density at radius 3 is 2.54 bits per heavy atom. The second kappa shape index (κ2) is 8.70. The lowest BCUT2D eigenvalue weighted by Gasteiger charge is -2.26. The van der Waals surface area contributed by atoms with Gasteiger partial charge in [0.05, 0.1) is 18.3 Å². The van der Waals surface area contributed by atoms with Crippen molar-refractivity contribution in [3.63, 3.8) is 0 Å². The van der Waals surface area contributed by atoms with E-state index in [9.17, 15) is 4.79 Å². The normalized spacial score (nSPS) is 11.7.